The maximum absolute atomic E-state index is 4.90. The van der Waals surface area contributed by atoms with Crippen LogP contribution in [0.1, 0.15) is 0 Å². The second kappa shape index (κ2) is 11.7. The lowest BCUT2D eigenvalue weighted by molar-refractivity contribution is 1.07. The second-order valence-electron chi connectivity index (χ2n) is 12.1. The van der Waals surface area contributed by atoms with E-state index in [-0.39, 0.29) is 0 Å². The lowest BCUT2D eigenvalue weighted by Crippen LogP contribution is -1.95. The summed E-state index contributed by atoms with van der Waals surface area (Å²) in [4.78, 5) is 14.0. The predicted octanol–water partition coefficient (Wildman–Crippen LogP) is 11.7. The minimum Gasteiger partial charge on any atom is -0.217 e. The van der Waals surface area contributed by atoms with Gasteiger partial charge < -0.3 is 0 Å². The average Bonchev–Trinajstić information content (AvgIpc) is 3.18. The van der Waals surface area contributed by atoms with Crippen LogP contribution in [0.25, 0.3) is 88.5 Å². The Morgan fingerprint density at radius 1 is 0.250 bits per heavy atom. The molecule has 0 saturated carbocycles. The van der Waals surface area contributed by atoms with Gasteiger partial charge in [-0.05, 0) is 90.0 Å². The van der Waals surface area contributed by atoms with Gasteiger partial charge in [-0.15, -0.1) is 0 Å². The largest absolute Gasteiger partial charge is 0.217 e. The van der Waals surface area contributed by atoms with Crippen molar-refractivity contribution in [1.29, 1.82) is 0 Å². The highest BCUT2D eigenvalue weighted by molar-refractivity contribution is 6.25. The molecule has 0 aliphatic heterocycles. The zero-order valence-electron chi connectivity index (χ0n) is 26.1. The third-order valence-corrected chi connectivity index (χ3v) is 9.19. The molecule has 224 valence electrons. The first-order valence-electron chi connectivity index (χ1n) is 16.2. The molecule has 1 aromatic heterocycles. The molecule has 0 aliphatic carbocycles. The molecule has 3 nitrogen and oxygen atoms in total. The fraction of sp³-hybridized carbons (Fsp3) is 0. The highest BCUT2D eigenvalue weighted by Gasteiger charge is 2.12. The van der Waals surface area contributed by atoms with E-state index in [0.29, 0.717) is 11.6 Å². The smallest absolute Gasteiger partial charge is 0.163 e. The molecular formula is C45H29N3. The number of nitrogens with zero attached hydrogens (tertiary/aromatic N) is 3. The van der Waals surface area contributed by atoms with E-state index in [1.807, 2.05) is 12.1 Å². The summed E-state index contributed by atoms with van der Waals surface area (Å²) in [5.41, 5.74) is 8.82. The van der Waals surface area contributed by atoms with Gasteiger partial charge >= 0.3 is 0 Å². The third kappa shape index (κ3) is 4.99. The van der Waals surface area contributed by atoms with Crippen LogP contribution >= 0.6 is 0 Å². The van der Waals surface area contributed by atoms with Crippen LogP contribution in [0.15, 0.2) is 176 Å². The standard InChI is InChI=1S/C45H29N3/c1-2-11-30(12-3-1)31-13-9-17-36(26-31)44-46-29-47-45(48-44)37-18-10-16-34(27-37)32-14-8-15-33(25-32)35-23-24-42-40-21-5-4-19-38(40)39-20-6-7-22-41(39)43(42)28-35/h1-29H. The molecule has 0 amide bonds. The topological polar surface area (TPSA) is 38.7 Å². The second-order valence-corrected chi connectivity index (χ2v) is 12.1. The number of rotatable bonds is 5. The first-order valence-corrected chi connectivity index (χ1v) is 16.2. The van der Waals surface area contributed by atoms with Crippen LogP contribution in [0.5, 0.6) is 0 Å². The zero-order valence-corrected chi connectivity index (χ0v) is 26.1. The van der Waals surface area contributed by atoms with E-state index in [1.165, 1.54) is 43.4 Å². The molecule has 0 atom stereocenters. The van der Waals surface area contributed by atoms with E-state index in [4.69, 9.17) is 4.98 Å². The summed E-state index contributed by atoms with van der Waals surface area (Å²) < 4.78 is 0. The maximum Gasteiger partial charge on any atom is 0.163 e. The molecule has 1 heterocycles. The van der Waals surface area contributed by atoms with E-state index >= 15 is 0 Å². The highest BCUT2D eigenvalue weighted by atomic mass is 15.0. The van der Waals surface area contributed by atoms with Crippen molar-refractivity contribution >= 4 is 32.3 Å². The van der Waals surface area contributed by atoms with Crippen molar-refractivity contribution in [2.24, 2.45) is 0 Å². The number of hydrogen-bond acceptors (Lipinski definition) is 3. The summed E-state index contributed by atoms with van der Waals surface area (Å²) in [6.07, 6.45) is 1.60. The summed E-state index contributed by atoms with van der Waals surface area (Å²) in [5, 5.41) is 7.69. The van der Waals surface area contributed by atoms with E-state index in [9.17, 15) is 0 Å². The van der Waals surface area contributed by atoms with Gasteiger partial charge in [-0.1, -0.05) is 146 Å². The van der Waals surface area contributed by atoms with Gasteiger partial charge in [0.1, 0.15) is 6.33 Å². The van der Waals surface area contributed by atoms with Crippen LogP contribution < -0.4 is 0 Å². The van der Waals surface area contributed by atoms with Crippen molar-refractivity contribution in [2.45, 2.75) is 0 Å². The zero-order chi connectivity index (χ0) is 31.9. The van der Waals surface area contributed by atoms with Crippen LogP contribution in [-0.4, -0.2) is 15.0 Å². The molecule has 0 N–H and O–H groups in total. The van der Waals surface area contributed by atoms with Gasteiger partial charge in [0, 0.05) is 11.1 Å². The normalized spacial score (nSPS) is 11.3. The Kier molecular flexibility index (Phi) is 6.80. The minimum absolute atomic E-state index is 0.650. The summed E-state index contributed by atoms with van der Waals surface area (Å²) in [5.74, 6) is 1.30. The van der Waals surface area contributed by atoms with Crippen molar-refractivity contribution in [2.75, 3.05) is 0 Å². The van der Waals surface area contributed by atoms with E-state index in [0.717, 1.165) is 33.4 Å². The Bertz CT molecular complexity index is 2590. The summed E-state index contributed by atoms with van der Waals surface area (Å²) in [6, 6.07) is 60.2. The Morgan fingerprint density at radius 3 is 1.17 bits per heavy atom. The van der Waals surface area contributed by atoms with E-state index in [2.05, 4.69) is 168 Å². The number of benzene rings is 8. The van der Waals surface area contributed by atoms with Gasteiger partial charge in [-0.3, -0.25) is 0 Å². The van der Waals surface area contributed by atoms with Gasteiger partial charge in [0.2, 0.25) is 0 Å². The summed E-state index contributed by atoms with van der Waals surface area (Å²) in [7, 11) is 0. The lowest BCUT2D eigenvalue weighted by atomic mass is 9.91. The monoisotopic (exact) mass is 611 g/mol. The van der Waals surface area contributed by atoms with Crippen molar-refractivity contribution < 1.29 is 0 Å². The van der Waals surface area contributed by atoms with Crippen LogP contribution in [0.2, 0.25) is 0 Å². The number of hydrogen-bond donors (Lipinski definition) is 0. The van der Waals surface area contributed by atoms with Gasteiger partial charge in [-0.2, -0.15) is 0 Å². The summed E-state index contributed by atoms with van der Waals surface area (Å²) in [6.45, 7) is 0. The van der Waals surface area contributed by atoms with Gasteiger partial charge in [0.05, 0.1) is 0 Å². The van der Waals surface area contributed by atoms with Crippen LogP contribution in [0.4, 0.5) is 0 Å². The van der Waals surface area contributed by atoms with E-state index in [1.54, 1.807) is 6.33 Å². The Balaban J connectivity index is 1.07. The van der Waals surface area contributed by atoms with Crippen LogP contribution in [0.3, 0.4) is 0 Å². The van der Waals surface area contributed by atoms with Gasteiger partial charge in [-0.25, -0.2) is 15.0 Å². The SMILES string of the molecule is c1ccc(-c2cccc(-c3ncnc(-c4cccc(-c5cccc(-c6ccc7c8ccccc8c8ccccc8c7c6)c5)c4)n3)c2)cc1. The van der Waals surface area contributed by atoms with Gasteiger partial charge in [0.25, 0.3) is 0 Å². The number of aromatic nitrogens is 3. The first-order chi connectivity index (χ1) is 23.8. The van der Waals surface area contributed by atoms with Crippen LogP contribution in [-0.2, 0) is 0 Å². The van der Waals surface area contributed by atoms with Crippen molar-refractivity contribution in [3.8, 4) is 56.2 Å². The fourth-order valence-corrected chi connectivity index (χ4v) is 6.85. The molecule has 48 heavy (non-hydrogen) atoms. The average molecular weight is 612 g/mol. The first kappa shape index (κ1) is 27.8. The molecule has 9 aromatic rings. The fourth-order valence-electron chi connectivity index (χ4n) is 6.85. The molecular weight excluding hydrogens is 583 g/mol. The molecule has 0 aliphatic rings. The highest BCUT2D eigenvalue weighted by Crippen LogP contribution is 2.38. The third-order valence-electron chi connectivity index (χ3n) is 9.19. The minimum atomic E-state index is 0.650. The van der Waals surface area contributed by atoms with Crippen molar-refractivity contribution in [3.05, 3.63) is 176 Å². The Hall–Kier alpha value is -6.45. The molecule has 0 spiro atoms. The molecule has 0 saturated heterocycles. The lowest BCUT2D eigenvalue weighted by Gasteiger charge is -2.13. The van der Waals surface area contributed by atoms with Gasteiger partial charge in [0.15, 0.2) is 11.6 Å². The van der Waals surface area contributed by atoms with Crippen molar-refractivity contribution in [3.63, 3.8) is 0 Å². The molecule has 0 unspecified atom stereocenters. The quantitative estimate of drug-likeness (QED) is 0.182. The number of fused-ring (bicyclic) bond motifs is 6. The summed E-state index contributed by atoms with van der Waals surface area (Å²) >= 11 is 0. The molecule has 8 aromatic carbocycles. The Labute approximate surface area is 278 Å². The van der Waals surface area contributed by atoms with Crippen molar-refractivity contribution in [1.82, 2.24) is 15.0 Å². The van der Waals surface area contributed by atoms with E-state index < -0.39 is 0 Å². The molecule has 0 fully saturated rings. The Morgan fingerprint density at radius 2 is 0.625 bits per heavy atom. The molecule has 0 radical (unpaired) electrons. The maximum atomic E-state index is 4.90. The predicted molar refractivity (Wildman–Crippen MR) is 200 cm³/mol. The molecule has 0 bridgehead atoms. The molecule has 3 heteroatoms. The molecule has 9 rings (SSSR count). The van der Waals surface area contributed by atoms with Crippen LogP contribution in [0, 0.1) is 0 Å².